The number of nitrogens with zero attached hydrogens (tertiary/aromatic N) is 6. The molecule has 0 radical (unpaired) electrons. The molecule has 5 heterocycles. The molecule has 1 spiro atoms. The molecule has 2 aliphatic rings. The van der Waals surface area contributed by atoms with Gasteiger partial charge in [-0.05, 0) is 37.7 Å². The zero-order valence-corrected chi connectivity index (χ0v) is 15.9. The Bertz CT molecular complexity index is 1000. The topological polar surface area (TPSA) is 80.3 Å². The Kier molecular flexibility index (Phi) is 3.83. The Morgan fingerprint density at radius 2 is 1.96 bits per heavy atom. The Morgan fingerprint density at radius 3 is 2.68 bits per heavy atom. The van der Waals surface area contributed by atoms with Gasteiger partial charge in [-0.25, -0.2) is 0 Å². The summed E-state index contributed by atoms with van der Waals surface area (Å²) < 4.78 is 7.45. The summed E-state index contributed by atoms with van der Waals surface area (Å²) in [6.45, 7) is 2.45. The van der Waals surface area contributed by atoms with Gasteiger partial charge in [-0.3, -0.25) is 14.7 Å². The van der Waals surface area contributed by atoms with Gasteiger partial charge in [0.15, 0.2) is 0 Å². The molecule has 3 aromatic heterocycles. The maximum absolute atomic E-state index is 12.7. The van der Waals surface area contributed by atoms with Crippen LogP contribution in [0.15, 0.2) is 47.4 Å². The predicted molar refractivity (Wildman–Crippen MR) is 101 cm³/mol. The first kappa shape index (κ1) is 17.1. The van der Waals surface area contributed by atoms with Crippen LogP contribution in [0.3, 0.4) is 0 Å². The van der Waals surface area contributed by atoms with Crippen LogP contribution in [0.5, 0.6) is 0 Å². The molecule has 2 aliphatic heterocycles. The lowest BCUT2D eigenvalue weighted by Crippen LogP contribution is -2.59. The van der Waals surface area contributed by atoms with Gasteiger partial charge in [-0.1, -0.05) is 5.16 Å². The summed E-state index contributed by atoms with van der Waals surface area (Å²) in [5, 5.41) is 4.14. The first-order chi connectivity index (χ1) is 13.5. The summed E-state index contributed by atoms with van der Waals surface area (Å²) in [6, 6.07) is 7.59. The number of pyridine rings is 1. The second-order valence-electron chi connectivity index (χ2n) is 7.99. The second kappa shape index (κ2) is 6.27. The van der Waals surface area contributed by atoms with Crippen LogP contribution in [0.2, 0.25) is 0 Å². The molecule has 5 rings (SSSR count). The van der Waals surface area contributed by atoms with Crippen molar-refractivity contribution in [2.24, 2.45) is 12.5 Å². The number of carbonyl (C=O) groups excluding carboxylic acids is 1. The van der Waals surface area contributed by atoms with E-state index in [1.54, 1.807) is 12.4 Å². The average Bonchev–Trinajstić information content (AvgIpc) is 3.39. The number of hydrogen-bond donors (Lipinski definition) is 0. The molecular weight excluding hydrogens is 356 g/mol. The van der Waals surface area contributed by atoms with Gasteiger partial charge in [0, 0.05) is 56.3 Å². The highest BCUT2D eigenvalue weighted by atomic mass is 16.5. The molecule has 2 saturated heterocycles. The minimum atomic E-state index is 0.0791. The molecule has 28 heavy (non-hydrogen) atoms. The summed E-state index contributed by atoms with van der Waals surface area (Å²) in [7, 11) is 3.98. The number of amides is 1. The highest BCUT2D eigenvalue weighted by Gasteiger charge is 2.53. The molecule has 8 nitrogen and oxygen atoms in total. The number of aromatic nitrogens is 4. The fraction of sp³-hybridized carbons (Fsp3) is 0.400. The van der Waals surface area contributed by atoms with Gasteiger partial charge in [0.05, 0.1) is 6.04 Å². The van der Waals surface area contributed by atoms with Crippen LogP contribution in [0.1, 0.15) is 28.8 Å². The number of likely N-dealkylation sites (tertiary alicyclic amines) is 2. The summed E-state index contributed by atoms with van der Waals surface area (Å²) >= 11 is 0. The first-order valence-electron chi connectivity index (χ1n) is 9.40. The lowest BCUT2D eigenvalue weighted by molar-refractivity contribution is 0.0107. The third-order valence-corrected chi connectivity index (χ3v) is 5.91. The van der Waals surface area contributed by atoms with Gasteiger partial charge in [0.25, 0.3) is 5.91 Å². The maximum Gasteiger partial charge on any atom is 0.270 e. The van der Waals surface area contributed by atoms with Crippen molar-refractivity contribution in [3.8, 4) is 11.4 Å². The normalized spacial score (nSPS) is 21.2. The number of hydrogen-bond acceptors (Lipinski definition) is 6. The molecule has 1 atom stereocenters. The van der Waals surface area contributed by atoms with Crippen molar-refractivity contribution < 1.29 is 9.32 Å². The van der Waals surface area contributed by atoms with Crippen LogP contribution in [-0.2, 0) is 7.05 Å². The molecule has 1 amide bonds. The van der Waals surface area contributed by atoms with Gasteiger partial charge in [-0.2, -0.15) is 4.98 Å². The van der Waals surface area contributed by atoms with Gasteiger partial charge in [0.1, 0.15) is 5.69 Å². The molecule has 2 fully saturated rings. The molecule has 0 N–H and O–H groups in total. The van der Waals surface area contributed by atoms with Crippen LogP contribution in [0.4, 0.5) is 0 Å². The van der Waals surface area contributed by atoms with E-state index in [0.29, 0.717) is 11.7 Å². The minimum absolute atomic E-state index is 0.0791. The standard InChI is InChI=1S/C20H22N6O2/c1-24-9-3-4-15(24)19(27)26-12-20(13-26)10-16(25(2)11-20)18-22-17(23-28-18)14-5-7-21-8-6-14/h3-9,16H,10-13H2,1-2H3. The lowest BCUT2D eigenvalue weighted by atomic mass is 9.77. The Balaban J connectivity index is 1.28. The Labute approximate surface area is 162 Å². The fourth-order valence-electron chi connectivity index (χ4n) is 4.52. The van der Waals surface area contributed by atoms with Crippen molar-refractivity contribution in [2.75, 3.05) is 26.7 Å². The fourth-order valence-corrected chi connectivity index (χ4v) is 4.52. The van der Waals surface area contributed by atoms with Crippen molar-refractivity contribution in [3.05, 3.63) is 54.4 Å². The van der Waals surface area contributed by atoms with Crippen molar-refractivity contribution >= 4 is 5.91 Å². The van der Waals surface area contributed by atoms with E-state index in [9.17, 15) is 4.79 Å². The second-order valence-corrected chi connectivity index (χ2v) is 7.99. The van der Waals surface area contributed by atoms with E-state index in [4.69, 9.17) is 4.52 Å². The van der Waals surface area contributed by atoms with E-state index < -0.39 is 0 Å². The SMILES string of the molecule is CN1CC2(CC1c1nc(-c3ccncc3)no1)CN(C(=O)c1cccn1C)C2. The highest BCUT2D eigenvalue weighted by molar-refractivity contribution is 5.93. The van der Waals surface area contributed by atoms with Crippen LogP contribution >= 0.6 is 0 Å². The predicted octanol–water partition coefficient (Wildman–Crippen LogP) is 1.99. The number of carbonyl (C=O) groups is 1. The maximum atomic E-state index is 12.7. The summed E-state index contributed by atoms with van der Waals surface area (Å²) in [6.07, 6.45) is 6.25. The molecule has 0 aromatic carbocycles. The van der Waals surface area contributed by atoms with E-state index >= 15 is 0 Å². The first-order valence-corrected chi connectivity index (χ1v) is 9.40. The quantitative estimate of drug-likeness (QED) is 0.693. The van der Waals surface area contributed by atoms with Crippen LogP contribution < -0.4 is 0 Å². The van der Waals surface area contributed by atoms with Crippen molar-refractivity contribution in [2.45, 2.75) is 12.5 Å². The van der Waals surface area contributed by atoms with E-state index in [0.717, 1.165) is 37.3 Å². The highest BCUT2D eigenvalue weighted by Crippen LogP contribution is 2.47. The van der Waals surface area contributed by atoms with Gasteiger partial charge < -0.3 is 14.0 Å². The monoisotopic (exact) mass is 378 g/mol. The van der Waals surface area contributed by atoms with Crippen molar-refractivity contribution in [1.29, 1.82) is 0 Å². The average molecular weight is 378 g/mol. The Hall–Kier alpha value is -3.00. The van der Waals surface area contributed by atoms with Crippen molar-refractivity contribution in [3.63, 3.8) is 0 Å². The summed E-state index contributed by atoms with van der Waals surface area (Å²) in [4.78, 5) is 25.5. The largest absolute Gasteiger partial charge is 0.347 e. The third kappa shape index (κ3) is 2.72. The van der Waals surface area contributed by atoms with E-state index in [1.165, 1.54) is 0 Å². The summed E-state index contributed by atoms with van der Waals surface area (Å²) in [5.74, 6) is 1.32. The van der Waals surface area contributed by atoms with Gasteiger partial charge in [0.2, 0.25) is 11.7 Å². The molecular formula is C20H22N6O2. The zero-order valence-electron chi connectivity index (χ0n) is 15.9. The molecule has 3 aromatic rings. The minimum Gasteiger partial charge on any atom is -0.347 e. The van der Waals surface area contributed by atoms with Crippen LogP contribution in [0, 0.1) is 5.41 Å². The van der Waals surface area contributed by atoms with E-state index in [-0.39, 0.29) is 17.4 Å². The van der Waals surface area contributed by atoms with E-state index in [1.807, 2.05) is 47.0 Å². The van der Waals surface area contributed by atoms with Gasteiger partial charge >= 0.3 is 0 Å². The number of rotatable bonds is 3. The third-order valence-electron chi connectivity index (χ3n) is 5.91. The van der Waals surface area contributed by atoms with Crippen LogP contribution in [-0.4, -0.2) is 62.1 Å². The molecule has 8 heteroatoms. The van der Waals surface area contributed by atoms with Crippen LogP contribution in [0.25, 0.3) is 11.4 Å². The van der Waals surface area contributed by atoms with E-state index in [2.05, 4.69) is 27.1 Å². The smallest absolute Gasteiger partial charge is 0.270 e. The number of aryl methyl sites for hydroxylation is 1. The van der Waals surface area contributed by atoms with Gasteiger partial charge in [-0.15, -0.1) is 0 Å². The zero-order chi connectivity index (χ0) is 19.3. The summed E-state index contributed by atoms with van der Waals surface area (Å²) in [5.41, 5.74) is 1.73. The molecule has 0 aliphatic carbocycles. The molecule has 144 valence electrons. The Morgan fingerprint density at radius 1 is 1.18 bits per heavy atom. The molecule has 0 bridgehead atoms. The lowest BCUT2D eigenvalue weighted by Gasteiger charge is -2.48. The molecule has 0 saturated carbocycles. The van der Waals surface area contributed by atoms with Crippen molar-refractivity contribution in [1.82, 2.24) is 29.5 Å². The molecule has 1 unspecified atom stereocenters.